The minimum Gasteiger partial charge on any atom is -0.297 e. The topological polar surface area (TPSA) is 63.9 Å². The monoisotopic (exact) mass is 331 g/mol. The number of hydrogen-bond donors (Lipinski definition) is 0. The van der Waals surface area contributed by atoms with Gasteiger partial charge in [-0.3, -0.25) is 14.3 Å². The van der Waals surface area contributed by atoms with Crippen LogP contribution >= 0.6 is 11.6 Å². The number of aromatic nitrogens is 4. The molecule has 0 N–H and O–H groups in total. The number of carbonyl (C=O) groups excluding carboxylic acids is 1. The molecule has 1 amide bonds. The van der Waals surface area contributed by atoms with Crippen LogP contribution in [0.25, 0.3) is 16.9 Å². The van der Waals surface area contributed by atoms with Crippen LogP contribution in [0.3, 0.4) is 0 Å². The molecule has 0 bridgehead atoms. The first-order chi connectivity index (χ1) is 11.1. The quantitative estimate of drug-likeness (QED) is 0.677. The summed E-state index contributed by atoms with van der Waals surface area (Å²) in [6, 6.07) is 5.26. The summed E-state index contributed by atoms with van der Waals surface area (Å²) in [6.45, 7) is 0.643. The second-order valence-corrected chi connectivity index (χ2v) is 5.56. The van der Waals surface area contributed by atoms with E-state index < -0.39 is 5.82 Å². The number of rotatable bonds is 2. The third kappa shape index (κ3) is 2.33. The van der Waals surface area contributed by atoms with Crippen molar-refractivity contribution in [2.75, 3.05) is 11.4 Å². The summed E-state index contributed by atoms with van der Waals surface area (Å²) in [5.74, 6) is 0.600. The molecule has 3 aromatic rings. The van der Waals surface area contributed by atoms with Crippen molar-refractivity contribution < 1.29 is 9.18 Å². The van der Waals surface area contributed by atoms with E-state index in [2.05, 4.69) is 15.0 Å². The third-order valence-corrected chi connectivity index (χ3v) is 3.97. The lowest BCUT2D eigenvalue weighted by molar-refractivity contribution is -0.117. The van der Waals surface area contributed by atoms with Crippen molar-refractivity contribution in [2.24, 2.45) is 0 Å². The fraction of sp³-hybridized carbons (Fsp3) is 0.200. The van der Waals surface area contributed by atoms with Crippen LogP contribution in [0.4, 0.5) is 10.2 Å². The van der Waals surface area contributed by atoms with Crippen LogP contribution in [0, 0.1) is 5.82 Å². The second-order valence-electron chi connectivity index (χ2n) is 5.23. The molecule has 23 heavy (non-hydrogen) atoms. The molecule has 0 unspecified atom stereocenters. The van der Waals surface area contributed by atoms with Gasteiger partial charge in [0.1, 0.15) is 11.6 Å². The normalized spacial score (nSPS) is 14.9. The van der Waals surface area contributed by atoms with Crippen LogP contribution in [-0.4, -0.2) is 32.0 Å². The molecule has 4 rings (SSSR count). The highest BCUT2D eigenvalue weighted by molar-refractivity contribution is 6.28. The maximum Gasteiger partial charge on any atom is 0.228 e. The number of fused-ring (bicyclic) bond motifs is 1. The van der Waals surface area contributed by atoms with Crippen LogP contribution in [-0.2, 0) is 4.79 Å². The number of hydrogen-bond acceptors (Lipinski definition) is 4. The van der Waals surface area contributed by atoms with Gasteiger partial charge in [-0.2, -0.15) is 4.98 Å². The van der Waals surface area contributed by atoms with Gasteiger partial charge in [-0.15, -0.1) is 0 Å². The van der Waals surface area contributed by atoms with Crippen LogP contribution in [0.5, 0.6) is 0 Å². The van der Waals surface area contributed by atoms with Crippen LogP contribution < -0.4 is 4.90 Å². The lowest BCUT2D eigenvalue weighted by atomic mass is 10.4. The van der Waals surface area contributed by atoms with E-state index in [0.29, 0.717) is 30.2 Å². The predicted octanol–water partition coefficient (Wildman–Crippen LogP) is 2.73. The molecule has 1 aliphatic heterocycles. The minimum absolute atomic E-state index is 0.0303. The molecular weight excluding hydrogens is 321 g/mol. The number of amides is 1. The number of nitrogens with zero attached hydrogens (tertiary/aromatic N) is 5. The van der Waals surface area contributed by atoms with Crippen LogP contribution in [0.1, 0.15) is 12.8 Å². The summed E-state index contributed by atoms with van der Waals surface area (Å²) in [6.07, 6.45) is 3.96. The van der Waals surface area contributed by atoms with Crippen molar-refractivity contribution >= 4 is 34.4 Å². The molecule has 1 fully saturated rings. The van der Waals surface area contributed by atoms with Crippen LogP contribution in [0.15, 0.2) is 30.6 Å². The highest BCUT2D eigenvalue weighted by atomic mass is 35.5. The van der Waals surface area contributed by atoms with Gasteiger partial charge in [-0.05, 0) is 30.2 Å². The third-order valence-electron chi connectivity index (χ3n) is 3.78. The number of halogens is 2. The van der Waals surface area contributed by atoms with Gasteiger partial charge in [0.2, 0.25) is 11.2 Å². The highest BCUT2D eigenvalue weighted by Crippen LogP contribution is 2.24. The molecule has 0 saturated carbocycles. The average molecular weight is 332 g/mol. The van der Waals surface area contributed by atoms with E-state index in [1.165, 1.54) is 17.0 Å². The summed E-state index contributed by atoms with van der Waals surface area (Å²) in [5.41, 5.74) is 0.333. The summed E-state index contributed by atoms with van der Waals surface area (Å²) in [5, 5.41) is 0.293. The van der Waals surface area contributed by atoms with Crippen molar-refractivity contribution in [3.8, 4) is 5.82 Å². The van der Waals surface area contributed by atoms with Crippen LogP contribution in [0.2, 0.25) is 5.28 Å². The minimum atomic E-state index is -0.457. The van der Waals surface area contributed by atoms with E-state index in [1.807, 2.05) is 0 Å². The number of anilines is 1. The Morgan fingerprint density at radius 3 is 2.83 bits per heavy atom. The van der Waals surface area contributed by atoms with Crippen molar-refractivity contribution in [3.05, 3.63) is 41.7 Å². The number of carbonyl (C=O) groups is 1. The molecule has 0 spiro atoms. The highest BCUT2D eigenvalue weighted by Gasteiger charge is 2.23. The summed E-state index contributed by atoms with van der Waals surface area (Å²) in [7, 11) is 0. The maximum absolute atomic E-state index is 14.1. The Hall–Kier alpha value is -2.54. The molecule has 0 aromatic carbocycles. The first-order valence-corrected chi connectivity index (χ1v) is 7.48. The number of pyridine rings is 1. The SMILES string of the molecule is O=C1CCCN1c1cccc(-n2cc(F)c3cnc(Cl)nc32)n1. The Labute approximate surface area is 135 Å². The molecule has 1 saturated heterocycles. The van der Waals surface area contributed by atoms with Crippen molar-refractivity contribution in [3.63, 3.8) is 0 Å². The van der Waals surface area contributed by atoms with Gasteiger partial charge in [0.15, 0.2) is 11.5 Å². The zero-order valence-electron chi connectivity index (χ0n) is 11.9. The van der Waals surface area contributed by atoms with E-state index >= 15 is 0 Å². The fourth-order valence-corrected chi connectivity index (χ4v) is 2.84. The second kappa shape index (κ2) is 5.27. The first-order valence-electron chi connectivity index (χ1n) is 7.10. The molecule has 1 aliphatic rings. The largest absolute Gasteiger partial charge is 0.297 e. The van der Waals surface area contributed by atoms with Gasteiger partial charge in [-0.25, -0.2) is 14.4 Å². The lowest BCUT2D eigenvalue weighted by Crippen LogP contribution is -2.25. The average Bonchev–Trinajstić information content (AvgIpc) is 3.11. The summed E-state index contributed by atoms with van der Waals surface area (Å²) in [4.78, 5) is 25.8. The summed E-state index contributed by atoms with van der Waals surface area (Å²) < 4.78 is 15.6. The lowest BCUT2D eigenvalue weighted by Gasteiger charge is -2.15. The Morgan fingerprint density at radius 1 is 1.22 bits per heavy atom. The van der Waals surface area contributed by atoms with Gasteiger partial charge in [0.25, 0.3) is 0 Å². The molecule has 0 atom stereocenters. The van der Waals surface area contributed by atoms with E-state index in [0.717, 1.165) is 6.42 Å². The van der Waals surface area contributed by atoms with E-state index in [1.54, 1.807) is 23.1 Å². The smallest absolute Gasteiger partial charge is 0.228 e. The van der Waals surface area contributed by atoms with Crippen molar-refractivity contribution in [2.45, 2.75) is 12.8 Å². The molecule has 0 aliphatic carbocycles. The zero-order valence-corrected chi connectivity index (χ0v) is 12.7. The molecule has 116 valence electrons. The predicted molar refractivity (Wildman–Crippen MR) is 83.2 cm³/mol. The molecule has 6 nitrogen and oxygen atoms in total. The Kier molecular flexibility index (Phi) is 3.23. The van der Waals surface area contributed by atoms with Crippen molar-refractivity contribution in [1.29, 1.82) is 0 Å². The van der Waals surface area contributed by atoms with Gasteiger partial charge in [0.05, 0.1) is 5.39 Å². The standard InChI is InChI=1S/C15H11ClFN5O/c16-15-18-7-9-10(17)8-22(14(9)20-15)12-4-1-3-11(19-12)21-6-2-5-13(21)23/h1,3-4,7-8H,2,5-6H2. The summed E-state index contributed by atoms with van der Waals surface area (Å²) >= 11 is 5.81. The zero-order chi connectivity index (χ0) is 16.0. The first kappa shape index (κ1) is 14.1. The molecular formula is C15H11ClFN5O. The molecule has 4 heterocycles. The van der Waals surface area contributed by atoms with E-state index in [9.17, 15) is 9.18 Å². The van der Waals surface area contributed by atoms with E-state index in [-0.39, 0.29) is 16.6 Å². The molecule has 0 radical (unpaired) electrons. The van der Waals surface area contributed by atoms with Gasteiger partial charge in [0, 0.05) is 25.4 Å². The fourth-order valence-electron chi connectivity index (χ4n) is 2.71. The van der Waals surface area contributed by atoms with E-state index in [4.69, 9.17) is 11.6 Å². The van der Waals surface area contributed by atoms with Gasteiger partial charge < -0.3 is 0 Å². The Balaban J connectivity index is 1.85. The molecule has 3 aromatic heterocycles. The molecule has 8 heteroatoms. The van der Waals surface area contributed by atoms with Gasteiger partial charge in [-0.1, -0.05) is 6.07 Å². The maximum atomic E-state index is 14.1. The Morgan fingerprint density at radius 2 is 2.04 bits per heavy atom. The van der Waals surface area contributed by atoms with Gasteiger partial charge >= 0.3 is 0 Å². The van der Waals surface area contributed by atoms with Crippen molar-refractivity contribution in [1.82, 2.24) is 19.5 Å². The Bertz CT molecular complexity index is 925.